The smallest absolute Gasteiger partial charge is 0.0546 e. The zero-order valence-electron chi connectivity index (χ0n) is 5.88. The van der Waals surface area contributed by atoms with Crippen molar-refractivity contribution in [2.75, 3.05) is 0 Å². The third-order valence-corrected chi connectivity index (χ3v) is 0.947. The molecule has 0 bridgehead atoms. The molecule has 0 aliphatic heterocycles. The van der Waals surface area contributed by atoms with Gasteiger partial charge in [0.05, 0.1) is 6.10 Å². The molecular formula is C8H14O. The van der Waals surface area contributed by atoms with Crippen molar-refractivity contribution in [1.82, 2.24) is 0 Å². The van der Waals surface area contributed by atoms with Gasteiger partial charge in [-0.2, -0.15) is 0 Å². The molecule has 52 valence electrons. The summed E-state index contributed by atoms with van der Waals surface area (Å²) in [6.45, 7) is 5.34. The van der Waals surface area contributed by atoms with E-state index in [-0.39, 0.29) is 6.10 Å². The van der Waals surface area contributed by atoms with Crippen molar-refractivity contribution >= 4 is 0 Å². The van der Waals surface area contributed by atoms with Crippen LogP contribution in [0.4, 0.5) is 0 Å². The highest BCUT2D eigenvalue weighted by Crippen LogP contribution is 1.92. The van der Waals surface area contributed by atoms with Crippen molar-refractivity contribution in [2.45, 2.75) is 25.9 Å². The summed E-state index contributed by atoms with van der Waals surface area (Å²) in [6.07, 6.45) is 7.22. The highest BCUT2D eigenvalue weighted by molar-refractivity contribution is 4.88. The second-order valence-corrected chi connectivity index (χ2v) is 2.08. The van der Waals surface area contributed by atoms with Crippen molar-refractivity contribution in [3.8, 4) is 0 Å². The second kappa shape index (κ2) is 5.57. The fourth-order valence-corrected chi connectivity index (χ4v) is 0.486. The summed E-state index contributed by atoms with van der Waals surface area (Å²) >= 11 is 0. The summed E-state index contributed by atoms with van der Waals surface area (Å²) in [5.74, 6) is 0. The van der Waals surface area contributed by atoms with Crippen LogP contribution in [0, 0.1) is 0 Å². The standard InChI is InChI=1S/C8H14O/c1-3-4-5-6-7-8(2)9/h3,5-6,8-9H,1,4,7H2,2H3/b6-5+. The molecule has 0 aliphatic carbocycles. The maximum Gasteiger partial charge on any atom is 0.0546 e. The predicted molar refractivity (Wildman–Crippen MR) is 40.3 cm³/mol. The van der Waals surface area contributed by atoms with E-state index in [0.29, 0.717) is 0 Å². The van der Waals surface area contributed by atoms with E-state index in [9.17, 15) is 0 Å². The van der Waals surface area contributed by atoms with Crippen molar-refractivity contribution in [3.63, 3.8) is 0 Å². The zero-order chi connectivity index (χ0) is 7.11. The largest absolute Gasteiger partial charge is 0.393 e. The molecule has 0 saturated carbocycles. The molecule has 0 spiro atoms. The highest BCUT2D eigenvalue weighted by Gasteiger charge is 1.86. The van der Waals surface area contributed by atoms with E-state index in [1.54, 1.807) is 6.92 Å². The Bertz CT molecular complexity index is 92.7. The van der Waals surface area contributed by atoms with E-state index >= 15 is 0 Å². The predicted octanol–water partition coefficient (Wildman–Crippen LogP) is 1.89. The Morgan fingerprint density at radius 1 is 1.56 bits per heavy atom. The molecule has 0 radical (unpaired) electrons. The Morgan fingerprint density at radius 3 is 2.67 bits per heavy atom. The second-order valence-electron chi connectivity index (χ2n) is 2.08. The number of hydrogen-bond acceptors (Lipinski definition) is 1. The lowest BCUT2D eigenvalue weighted by molar-refractivity contribution is 0.198. The van der Waals surface area contributed by atoms with Crippen LogP contribution >= 0.6 is 0 Å². The van der Waals surface area contributed by atoms with Crippen LogP contribution in [0.3, 0.4) is 0 Å². The van der Waals surface area contributed by atoms with Gasteiger partial charge in [0.2, 0.25) is 0 Å². The Kier molecular flexibility index (Phi) is 5.23. The monoisotopic (exact) mass is 126 g/mol. The summed E-state index contributed by atoms with van der Waals surface area (Å²) in [6, 6.07) is 0. The van der Waals surface area contributed by atoms with E-state index in [0.717, 1.165) is 12.8 Å². The normalized spacial score (nSPS) is 14.0. The lowest BCUT2D eigenvalue weighted by Crippen LogP contribution is -1.94. The maximum atomic E-state index is 8.77. The van der Waals surface area contributed by atoms with Gasteiger partial charge in [-0.15, -0.1) is 6.58 Å². The summed E-state index contributed by atoms with van der Waals surface area (Å²) < 4.78 is 0. The number of aliphatic hydroxyl groups is 1. The third kappa shape index (κ3) is 7.44. The van der Waals surface area contributed by atoms with Crippen LogP contribution < -0.4 is 0 Å². The van der Waals surface area contributed by atoms with Crippen molar-refractivity contribution in [1.29, 1.82) is 0 Å². The van der Waals surface area contributed by atoms with Gasteiger partial charge in [0.15, 0.2) is 0 Å². The number of rotatable bonds is 4. The van der Waals surface area contributed by atoms with Gasteiger partial charge >= 0.3 is 0 Å². The van der Waals surface area contributed by atoms with Crippen LogP contribution in [0.25, 0.3) is 0 Å². The first-order chi connectivity index (χ1) is 4.27. The lowest BCUT2D eigenvalue weighted by Gasteiger charge is -1.94. The van der Waals surface area contributed by atoms with Gasteiger partial charge in [-0.05, 0) is 19.8 Å². The van der Waals surface area contributed by atoms with Crippen molar-refractivity contribution in [2.24, 2.45) is 0 Å². The van der Waals surface area contributed by atoms with Gasteiger partial charge in [0, 0.05) is 0 Å². The van der Waals surface area contributed by atoms with Gasteiger partial charge < -0.3 is 5.11 Å². The molecule has 0 rings (SSSR count). The first-order valence-electron chi connectivity index (χ1n) is 3.21. The van der Waals surface area contributed by atoms with Crippen LogP contribution in [0.1, 0.15) is 19.8 Å². The summed E-state index contributed by atoms with van der Waals surface area (Å²) in [5.41, 5.74) is 0. The molecule has 0 amide bonds. The molecule has 0 heterocycles. The highest BCUT2D eigenvalue weighted by atomic mass is 16.3. The maximum absolute atomic E-state index is 8.77. The first-order valence-corrected chi connectivity index (χ1v) is 3.21. The minimum atomic E-state index is -0.217. The first kappa shape index (κ1) is 8.44. The molecule has 0 aromatic heterocycles. The van der Waals surface area contributed by atoms with Gasteiger partial charge in [-0.25, -0.2) is 0 Å². The number of hydrogen-bond donors (Lipinski definition) is 1. The summed E-state index contributed by atoms with van der Waals surface area (Å²) in [5, 5.41) is 8.77. The van der Waals surface area contributed by atoms with Crippen LogP contribution in [0.2, 0.25) is 0 Å². The summed E-state index contributed by atoms with van der Waals surface area (Å²) in [7, 11) is 0. The van der Waals surface area contributed by atoms with E-state index in [2.05, 4.69) is 6.58 Å². The summed E-state index contributed by atoms with van der Waals surface area (Å²) in [4.78, 5) is 0. The minimum absolute atomic E-state index is 0.217. The molecule has 1 nitrogen and oxygen atoms in total. The van der Waals surface area contributed by atoms with Crippen LogP contribution in [-0.2, 0) is 0 Å². The number of allylic oxidation sites excluding steroid dienone is 2. The average molecular weight is 126 g/mol. The SMILES string of the molecule is C=CC/C=C/CC(C)O. The molecule has 9 heavy (non-hydrogen) atoms. The zero-order valence-corrected chi connectivity index (χ0v) is 5.88. The molecule has 1 heteroatoms. The molecule has 0 aromatic rings. The molecule has 0 aliphatic rings. The molecule has 1 atom stereocenters. The quantitative estimate of drug-likeness (QED) is 0.570. The van der Waals surface area contributed by atoms with Gasteiger partial charge in [-0.3, -0.25) is 0 Å². The molecule has 1 N–H and O–H groups in total. The minimum Gasteiger partial charge on any atom is -0.393 e. The Labute approximate surface area is 56.7 Å². The average Bonchev–Trinajstić information content (AvgIpc) is 1.80. The van der Waals surface area contributed by atoms with Crippen molar-refractivity contribution in [3.05, 3.63) is 24.8 Å². The molecule has 0 saturated heterocycles. The van der Waals surface area contributed by atoms with E-state index in [1.165, 1.54) is 0 Å². The van der Waals surface area contributed by atoms with Gasteiger partial charge in [0.1, 0.15) is 0 Å². The van der Waals surface area contributed by atoms with E-state index in [1.807, 2.05) is 18.2 Å². The van der Waals surface area contributed by atoms with E-state index in [4.69, 9.17) is 5.11 Å². The number of aliphatic hydroxyl groups excluding tert-OH is 1. The third-order valence-electron chi connectivity index (χ3n) is 0.947. The lowest BCUT2D eigenvalue weighted by atomic mass is 10.2. The Morgan fingerprint density at radius 2 is 2.22 bits per heavy atom. The van der Waals surface area contributed by atoms with E-state index < -0.39 is 0 Å². The molecular weight excluding hydrogens is 112 g/mol. The van der Waals surface area contributed by atoms with Crippen LogP contribution in [0.15, 0.2) is 24.8 Å². The Hall–Kier alpha value is -0.560. The molecule has 0 fully saturated rings. The Balaban J connectivity index is 3.14. The molecule has 1 unspecified atom stereocenters. The molecule has 0 aromatic carbocycles. The van der Waals surface area contributed by atoms with Crippen LogP contribution in [-0.4, -0.2) is 11.2 Å². The van der Waals surface area contributed by atoms with Gasteiger partial charge in [-0.1, -0.05) is 18.2 Å². The van der Waals surface area contributed by atoms with Crippen molar-refractivity contribution < 1.29 is 5.11 Å². The fraction of sp³-hybridized carbons (Fsp3) is 0.500. The van der Waals surface area contributed by atoms with Crippen LogP contribution in [0.5, 0.6) is 0 Å². The fourth-order valence-electron chi connectivity index (χ4n) is 0.486. The van der Waals surface area contributed by atoms with Gasteiger partial charge in [0.25, 0.3) is 0 Å². The topological polar surface area (TPSA) is 20.2 Å².